The number of nitrogens with one attached hydrogen (secondary N) is 1. The van der Waals surface area contributed by atoms with Crippen molar-refractivity contribution in [1.82, 2.24) is 5.32 Å². The molecular weight excluding hydrogens is 895 g/mol. The maximum atomic E-state index is 12.6. The Morgan fingerprint density at radius 3 is 0.877 bits per heavy atom. The first kappa shape index (κ1) is 71.8. The fraction of sp³-hybridized carbons (Fsp3) is 0.926. The van der Waals surface area contributed by atoms with Crippen molar-refractivity contribution in [2.75, 3.05) is 6.61 Å². The molecule has 0 aliphatic heterocycles. The summed E-state index contributed by atoms with van der Waals surface area (Å²) in [6.45, 7) is 4.26. The Hall–Kier alpha value is -1.17. The zero-order valence-corrected chi connectivity index (χ0v) is 49.8. The van der Waals surface area contributed by atoms with E-state index in [-0.39, 0.29) is 18.9 Å². The minimum absolute atomic E-state index is 0.0108. The fourth-order valence-corrected chi connectivity index (χ4v) is 10.9. The van der Waals surface area contributed by atoms with Crippen LogP contribution in [0.2, 0.25) is 0 Å². The maximum Gasteiger partial charge on any atom is 0.222 e. The van der Waals surface area contributed by atoms with Crippen LogP contribution in [0.4, 0.5) is 0 Å². The van der Waals surface area contributed by atoms with Gasteiger partial charge in [-0.2, -0.15) is 0 Å². The van der Waals surface area contributed by atoms with Crippen molar-refractivity contribution in [3.05, 3.63) is 24.3 Å². The average molecular weight is 1030 g/mol. The Kier molecular flexibility index (Phi) is 62.3. The van der Waals surface area contributed by atoms with Gasteiger partial charge >= 0.3 is 0 Å². The summed E-state index contributed by atoms with van der Waals surface area (Å²) >= 11 is 0. The van der Waals surface area contributed by atoms with Crippen LogP contribution in [-0.4, -0.2) is 46.1 Å². The number of aliphatic hydroxyl groups excluding tert-OH is 3. The van der Waals surface area contributed by atoms with Crippen molar-refractivity contribution in [3.8, 4) is 0 Å². The number of allylic oxidation sites excluding steroid dienone is 3. The lowest BCUT2D eigenvalue weighted by molar-refractivity contribution is -0.124. The number of hydrogen-bond acceptors (Lipinski definition) is 4. The van der Waals surface area contributed by atoms with E-state index in [2.05, 4.69) is 31.3 Å². The third-order valence-corrected chi connectivity index (χ3v) is 16.0. The normalized spacial score (nSPS) is 13.2. The molecular formula is C68H133NO4. The molecule has 0 saturated carbocycles. The number of unbranched alkanes of at least 4 members (excludes halogenated alkanes) is 52. The van der Waals surface area contributed by atoms with Gasteiger partial charge in [0.25, 0.3) is 0 Å². The Morgan fingerprint density at radius 1 is 0.342 bits per heavy atom. The van der Waals surface area contributed by atoms with E-state index in [0.29, 0.717) is 6.42 Å². The van der Waals surface area contributed by atoms with Gasteiger partial charge in [0.1, 0.15) is 0 Å². The zero-order chi connectivity index (χ0) is 52.9. The largest absolute Gasteiger partial charge is 0.394 e. The van der Waals surface area contributed by atoms with Crippen LogP contribution in [0, 0.1) is 0 Å². The van der Waals surface area contributed by atoms with Crippen LogP contribution in [0.5, 0.6) is 0 Å². The van der Waals surface area contributed by atoms with Gasteiger partial charge in [0.2, 0.25) is 5.91 Å². The van der Waals surface area contributed by atoms with Crippen molar-refractivity contribution >= 4 is 5.91 Å². The Bertz CT molecular complexity index is 1090. The van der Waals surface area contributed by atoms with E-state index in [1.54, 1.807) is 6.08 Å². The molecule has 73 heavy (non-hydrogen) atoms. The number of amides is 1. The van der Waals surface area contributed by atoms with Crippen molar-refractivity contribution in [3.63, 3.8) is 0 Å². The lowest BCUT2D eigenvalue weighted by Crippen LogP contribution is -2.45. The van der Waals surface area contributed by atoms with E-state index in [1.165, 1.54) is 321 Å². The molecule has 3 atom stereocenters. The lowest BCUT2D eigenvalue weighted by Gasteiger charge is -2.21. The highest BCUT2D eigenvalue weighted by molar-refractivity contribution is 5.76. The van der Waals surface area contributed by atoms with Gasteiger partial charge in [-0.05, 0) is 32.1 Å². The Balaban J connectivity index is 3.50. The van der Waals surface area contributed by atoms with Crippen molar-refractivity contribution < 1.29 is 20.1 Å². The van der Waals surface area contributed by atoms with E-state index >= 15 is 0 Å². The predicted octanol–water partition coefficient (Wildman–Crippen LogP) is 21.6. The molecule has 434 valence electrons. The molecule has 0 heterocycles. The van der Waals surface area contributed by atoms with Gasteiger partial charge in [0.15, 0.2) is 0 Å². The topological polar surface area (TPSA) is 89.8 Å². The maximum absolute atomic E-state index is 12.6. The van der Waals surface area contributed by atoms with E-state index in [4.69, 9.17) is 0 Å². The minimum atomic E-state index is -0.951. The summed E-state index contributed by atoms with van der Waals surface area (Å²) in [5.74, 6) is -0.317. The second-order valence-electron chi connectivity index (χ2n) is 23.4. The first-order valence-corrected chi connectivity index (χ1v) is 33.6. The Morgan fingerprint density at radius 2 is 0.589 bits per heavy atom. The molecule has 5 heteroatoms. The highest BCUT2D eigenvalue weighted by Gasteiger charge is 2.20. The molecule has 4 N–H and O–H groups in total. The Labute approximate surface area is 458 Å². The molecule has 0 spiro atoms. The van der Waals surface area contributed by atoms with Crippen LogP contribution in [0.15, 0.2) is 24.3 Å². The standard InChI is InChI=1S/C68H133NO4/c1-3-5-7-9-11-13-15-17-19-21-23-25-27-29-30-31-32-33-34-35-36-38-39-41-43-45-47-49-51-53-55-57-59-61-65(71)63-68(73)69-66(64-70)67(72)62-60-58-56-54-52-50-48-46-44-42-40-37-28-26-24-22-20-18-16-14-12-10-8-6-4-2/h52,54,60,62,65-67,70-72H,3-51,53,55-59,61,63-64H2,1-2H3,(H,69,73)/b54-52+,62-60+. The van der Waals surface area contributed by atoms with E-state index < -0.39 is 18.2 Å². The highest BCUT2D eigenvalue weighted by Crippen LogP contribution is 2.19. The van der Waals surface area contributed by atoms with Gasteiger partial charge in [-0.25, -0.2) is 0 Å². The number of hydrogen-bond donors (Lipinski definition) is 4. The second kappa shape index (κ2) is 63.4. The lowest BCUT2D eigenvalue weighted by atomic mass is 10.0. The highest BCUT2D eigenvalue weighted by atomic mass is 16.3. The molecule has 3 unspecified atom stereocenters. The van der Waals surface area contributed by atoms with Crippen LogP contribution in [0.3, 0.4) is 0 Å². The summed E-state index contributed by atoms with van der Waals surface area (Å²) in [6.07, 6.45) is 82.8. The van der Waals surface area contributed by atoms with Crippen molar-refractivity contribution in [2.24, 2.45) is 0 Å². The third kappa shape index (κ3) is 59.9. The average Bonchev–Trinajstić information content (AvgIpc) is 3.39. The molecule has 0 radical (unpaired) electrons. The number of rotatable bonds is 63. The summed E-state index contributed by atoms with van der Waals surface area (Å²) in [5, 5.41) is 33.6. The quantitative estimate of drug-likeness (QED) is 0.0361. The van der Waals surface area contributed by atoms with E-state index in [0.717, 1.165) is 32.1 Å². The monoisotopic (exact) mass is 1030 g/mol. The van der Waals surface area contributed by atoms with Gasteiger partial charge in [-0.15, -0.1) is 0 Å². The molecule has 0 bridgehead atoms. The second-order valence-corrected chi connectivity index (χ2v) is 23.4. The summed E-state index contributed by atoms with van der Waals surface area (Å²) in [7, 11) is 0. The number of carbonyl (C=O) groups is 1. The summed E-state index contributed by atoms with van der Waals surface area (Å²) in [6, 6.07) is -0.760. The molecule has 0 saturated heterocycles. The first-order valence-electron chi connectivity index (χ1n) is 33.6. The van der Waals surface area contributed by atoms with Crippen molar-refractivity contribution in [1.29, 1.82) is 0 Å². The van der Waals surface area contributed by atoms with Crippen LogP contribution in [-0.2, 0) is 4.79 Å². The van der Waals surface area contributed by atoms with Crippen LogP contribution < -0.4 is 5.32 Å². The van der Waals surface area contributed by atoms with Gasteiger partial charge < -0.3 is 20.6 Å². The summed E-state index contributed by atoms with van der Waals surface area (Å²) < 4.78 is 0. The van der Waals surface area contributed by atoms with Crippen molar-refractivity contribution in [2.45, 2.75) is 398 Å². The SMILES string of the molecule is CCCCCCCCCCCCCCCCCCCCC/C=C/CC/C=C/C(O)C(CO)NC(=O)CC(O)CCCCCCCCCCCCCCCCCCCCCCCCCCCCCCCCCCC. The van der Waals surface area contributed by atoms with Crippen LogP contribution in [0.1, 0.15) is 380 Å². The van der Waals surface area contributed by atoms with Gasteiger partial charge in [0.05, 0.1) is 31.3 Å². The van der Waals surface area contributed by atoms with E-state index in [9.17, 15) is 20.1 Å². The molecule has 0 aliphatic carbocycles. The first-order chi connectivity index (χ1) is 36.0. The minimum Gasteiger partial charge on any atom is -0.394 e. The van der Waals surface area contributed by atoms with E-state index in [1.807, 2.05) is 6.08 Å². The number of aliphatic hydroxyl groups is 3. The molecule has 5 nitrogen and oxygen atoms in total. The molecule has 0 aromatic heterocycles. The molecule has 0 rings (SSSR count). The molecule has 0 fully saturated rings. The van der Waals surface area contributed by atoms with Gasteiger partial charge in [0, 0.05) is 0 Å². The molecule has 0 aliphatic rings. The molecule has 1 amide bonds. The molecule has 0 aromatic carbocycles. The third-order valence-electron chi connectivity index (χ3n) is 16.0. The zero-order valence-electron chi connectivity index (χ0n) is 49.8. The predicted molar refractivity (Wildman–Crippen MR) is 324 cm³/mol. The molecule has 0 aromatic rings. The van der Waals surface area contributed by atoms with Crippen LogP contribution >= 0.6 is 0 Å². The van der Waals surface area contributed by atoms with Gasteiger partial charge in [-0.1, -0.05) is 366 Å². The fourth-order valence-electron chi connectivity index (χ4n) is 10.9. The smallest absolute Gasteiger partial charge is 0.222 e. The number of carbonyl (C=O) groups excluding carboxylic acids is 1. The summed E-state index contributed by atoms with van der Waals surface area (Å²) in [5.41, 5.74) is 0. The summed E-state index contributed by atoms with van der Waals surface area (Å²) in [4.78, 5) is 12.6. The van der Waals surface area contributed by atoms with Crippen LogP contribution in [0.25, 0.3) is 0 Å². The van der Waals surface area contributed by atoms with Gasteiger partial charge in [-0.3, -0.25) is 4.79 Å².